The highest BCUT2D eigenvalue weighted by Crippen LogP contribution is 2.27. The third-order valence-electron chi connectivity index (χ3n) is 9.24. The number of aliphatic hydroxyl groups excluding tert-OH is 2. The number of aromatic amines is 4. The Morgan fingerprint density at radius 3 is 1.67 bits per heavy atom. The van der Waals surface area contributed by atoms with Crippen LogP contribution in [0.15, 0.2) is 0 Å². The van der Waals surface area contributed by atoms with E-state index < -0.39 is 12.2 Å². The second-order valence-corrected chi connectivity index (χ2v) is 12.2. The standard InChI is InChI=1S/C36H44N4O6/c1-17-23(9-11-33(43)45-7)29-16-30-24(10-12-34(44)46-8)18(2)26(38-30)14-31-36(22(6)42)20(4)28(40-31)15-32-35(21(5)41)19(3)27(39-32)13-25(17)37-29/h13-16,21-22,37-42H,9-12H2,1-8H3/t21-,22-/m1/s1. The summed E-state index contributed by atoms with van der Waals surface area (Å²) in [5.74, 6) is -0.589. The highest BCUT2D eigenvalue weighted by atomic mass is 16.5. The molecule has 2 atom stereocenters. The van der Waals surface area contributed by atoms with Crippen LogP contribution in [0.4, 0.5) is 0 Å². The molecule has 5 rings (SSSR count). The van der Waals surface area contributed by atoms with Crippen LogP contribution in [-0.4, -0.2) is 56.3 Å². The van der Waals surface area contributed by atoms with Crippen LogP contribution in [0.1, 0.15) is 106 Å². The quantitative estimate of drug-likeness (QED) is 0.145. The van der Waals surface area contributed by atoms with Gasteiger partial charge in [-0.15, -0.1) is 0 Å². The van der Waals surface area contributed by atoms with Crippen molar-refractivity contribution in [2.75, 3.05) is 14.2 Å². The van der Waals surface area contributed by atoms with Gasteiger partial charge in [0.05, 0.1) is 26.4 Å². The number of hydrogen-bond acceptors (Lipinski definition) is 6. The van der Waals surface area contributed by atoms with Crippen molar-refractivity contribution in [3.8, 4) is 0 Å². The van der Waals surface area contributed by atoms with Crippen molar-refractivity contribution < 1.29 is 29.3 Å². The van der Waals surface area contributed by atoms with Crippen LogP contribution in [0.3, 0.4) is 0 Å². The number of carbonyl (C=O) groups excluding carboxylic acids is 2. The molecule has 10 heteroatoms. The number of fused-ring (bicyclic) bond motifs is 8. The molecular formula is C36H44N4O6. The maximum absolute atomic E-state index is 12.2. The number of aliphatic hydroxyl groups is 2. The van der Waals surface area contributed by atoms with Gasteiger partial charge in [0, 0.05) is 68.1 Å². The number of H-pyrrole nitrogens is 4. The van der Waals surface area contributed by atoms with Crippen molar-refractivity contribution in [1.82, 2.24) is 19.9 Å². The summed E-state index contributed by atoms with van der Waals surface area (Å²) in [6, 6.07) is 0. The fourth-order valence-corrected chi connectivity index (χ4v) is 6.67. The number of hydrogen-bond donors (Lipinski definition) is 6. The van der Waals surface area contributed by atoms with Gasteiger partial charge in [0.2, 0.25) is 0 Å². The van der Waals surface area contributed by atoms with Crippen LogP contribution < -0.4 is 21.4 Å². The normalized spacial score (nSPS) is 13.6. The molecule has 5 heterocycles. The second kappa shape index (κ2) is 13.1. The first-order chi connectivity index (χ1) is 21.8. The molecule has 4 aromatic heterocycles. The van der Waals surface area contributed by atoms with Gasteiger partial charge < -0.3 is 39.6 Å². The van der Waals surface area contributed by atoms with Gasteiger partial charge in [0.25, 0.3) is 0 Å². The van der Waals surface area contributed by atoms with Gasteiger partial charge in [-0.1, -0.05) is 0 Å². The minimum atomic E-state index is -0.741. The largest absolute Gasteiger partial charge is 0.469 e. The Bertz CT molecular complexity index is 2070. The summed E-state index contributed by atoms with van der Waals surface area (Å²) in [5.41, 5.74) is 10.6. The van der Waals surface area contributed by atoms with E-state index in [0.29, 0.717) is 12.8 Å². The van der Waals surface area contributed by atoms with Gasteiger partial charge in [0.1, 0.15) is 0 Å². The molecule has 0 spiro atoms. The zero-order chi connectivity index (χ0) is 33.4. The zero-order valence-corrected chi connectivity index (χ0v) is 27.8. The number of carbonyl (C=O) groups is 2. The van der Waals surface area contributed by atoms with E-state index in [1.54, 1.807) is 13.8 Å². The Balaban J connectivity index is 1.90. The molecule has 0 unspecified atom stereocenters. The summed E-state index contributed by atoms with van der Waals surface area (Å²) in [5, 5.41) is 25.0. The van der Waals surface area contributed by atoms with Crippen molar-refractivity contribution in [3.05, 3.63) is 88.7 Å². The fourth-order valence-electron chi connectivity index (χ4n) is 6.67. The molecule has 1 aliphatic rings. The smallest absolute Gasteiger partial charge is 0.305 e. The molecule has 0 fully saturated rings. The van der Waals surface area contributed by atoms with Gasteiger partial charge in [0.15, 0.2) is 0 Å². The average Bonchev–Trinajstić information content (AvgIpc) is 3.67. The fraction of sp³-hybridized carbons (Fsp3) is 0.389. The Morgan fingerprint density at radius 1 is 0.587 bits per heavy atom. The third-order valence-corrected chi connectivity index (χ3v) is 9.24. The number of esters is 2. The lowest BCUT2D eigenvalue weighted by atomic mass is 10.0. The van der Waals surface area contributed by atoms with E-state index in [0.717, 1.165) is 88.7 Å². The SMILES string of the molecule is COC(=O)CCc1c2[nH]c(c1C)C=c1[nH]c(c(C)c1[C@@H](C)O)=Cc1[nH]c(c(C)c1[C@@H](C)O)C=c1[nH]c(c(CCC(=O)OC)c1C)=C2. The molecule has 0 aliphatic carbocycles. The highest BCUT2D eigenvalue weighted by Gasteiger charge is 2.20. The first-order valence-corrected chi connectivity index (χ1v) is 15.6. The van der Waals surface area contributed by atoms with E-state index in [2.05, 4.69) is 19.9 Å². The van der Waals surface area contributed by atoms with Crippen molar-refractivity contribution in [1.29, 1.82) is 0 Å². The van der Waals surface area contributed by atoms with Gasteiger partial charge in [-0.25, -0.2) is 0 Å². The van der Waals surface area contributed by atoms with Crippen LogP contribution in [0, 0.1) is 27.7 Å². The van der Waals surface area contributed by atoms with E-state index in [9.17, 15) is 19.8 Å². The maximum atomic E-state index is 12.2. The van der Waals surface area contributed by atoms with E-state index in [1.165, 1.54) is 14.2 Å². The van der Waals surface area contributed by atoms with Gasteiger partial charge in [-0.05, 0) is 112 Å². The molecule has 0 radical (unpaired) electrons. The van der Waals surface area contributed by atoms with Crippen LogP contribution in [-0.2, 0) is 31.9 Å². The van der Waals surface area contributed by atoms with Crippen LogP contribution in [0.2, 0.25) is 0 Å². The first-order valence-electron chi connectivity index (χ1n) is 15.6. The van der Waals surface area contributed by atoms with Gasteiger partial charge in [-0.3, -0.25) is 9.59 Å². The Labute approximate surface area is 267 Å². The lowest BCUT2D eigenvalue weighted by Gasteiger charge is -2.05. The van der Waals surface area contributed by atoms with Crippen LogP contribution >= 0.6 is 0 Å². The van der Waals surface area contributed by atoms with E-state index >= 15 is 0 Å². The summed E-state index contributed by atoms with van der Waals surface area (Å²) in [4.78, 5) is 38.6. The van der Waals surface area contributed by atoms with Gasteiger partial charge in [-0.2, -0.15) is 0 Å². The van der Waals surface area contributed by atoms with Crippen molar-refractivity contribution in [3.63, 3.8) is 0 Å². The number of aromatic nitrogens is 4. The maximum Gasteiger partial charge on any atom is 0.305 e. The van der Waals surface area contributed by atoms with Gasteiger partial charge >= 0.3 is 11.9 Å². The highest BCUT2D eigenvalue weighted by molar-refractivity contribution is 5.71. The molecule has 0 saturated heterocycles. The Kier molecular flexibility index (Phi) is 9.32. The number of ether oxygens (including phenoxy) is 2. The number of nitrogens with one attached hydrogen (secondary N) is 4. The summed E-state index contributed by atoms with van der Waals surface area (Å²) >= 11 is 0. The molecule has 1 aliphatic heterocycles. The number of methoxy groups -OCH3 is 2. The van der Waals surface area contributed by atoms with Crippen molar-refractivity contribution >= 4 is 36.2 Å². The zero-order valence-electron chi connectivity index (χ0n) is 27.8. The van der Waals surface area contributed by atoms with Crippen molar-refractivity contribution in [2.45, 2.75) is 79.4 Å². The monoisotopic (exact) mass is 628 g/mol. The van der Waals surface area contributed by atoms with E-state index in [4.69, 9.17) is 9.47 Å². The molecule has 8 bridgehead atoms. The summed E-state index contributed by atoms with van der Waals surface area (Å²) in [7, 11) is 2.77. The predicted octanol–water partition coefficient (Wildman–Crippen LogP) is 2.18. The summed E-state index contributed by atoms with van der Waals surface area (Å²) < 4.78 is 9.89. The molecule has 4 aromatic rings. The third kappa shape index (κ3) is 6.15. The summed E-state index contributed by atoms with van der Waals surface area (Å²) in [6.45, 7) is 11.5. The molecule has 244 valence electrons. The molecule has 10 nitrogen and oxygen atoms in total. The Morgan fingerprint density at radius 2 is 1.07 bits per heavy atom. The molecule has 0 amide bonds. The second-order valence-electron chi connectivity index (χ2n) is 12.2. The van der Waals surface area contributed by atoms with Crippen molar-refractivity contribution in [2.24, 2.45) is 0 Å². The minimum Gasteiger partial charge on any atom is -0.469 e. The van der Waals surface area contributed by atoms with Crippen LogP contribution in [0.25, 0.3) is 24.3 Å². The molecule has 6 N–H and O–H groups in total. The molecule has 0 aromatic carbocycles. The molecule has 0 saturated carbocycles. The van der Waals surface area contributed by atoms with E-state index in [1.807, 2.05) is 52.0 Å². The predicted molar refractivity (Wildman–Crippen MR) is 177 cm³/mol. The van der Waals surface area contributed by atoms with Crippen LogP contribution in [0.5, 0.6) is 0 Å². The first kappa shape index (κ1) is 32.8. The lowest BCUT2D eigenvalue weighted by Crippen LogP contribution is -2.14. The lowest BCUT2D eigenvalue weighted by molar-refractivity contribution is -0.141. The molecule has 46 heavy (non-hydrogen) atoms. The molecular weight excluding hydrogens is 584 g/mol. The summed E-state index contributed by atoms with van der Waals surface area (Å²) in [6.07, 6.45) is 7.93. The average molecular weight is 629 g/mol. The van der Waals surface area contributed by atoms with E-state index in [-0.39, 0.29) is 24.8 Å². The number of rotatable bonds is 8. The topological polar surface area (TPSA) is 156 Å². The minimum absolute atomic E-state index is 0.215. The Hall–Kier alpha value is -4.54.